The van der Waals surface area contributed by atoms with Gasteiger partial charge in [0.2, 0.25) is 0 Å². The van der Waals surface area contributed by atoms with Crippen molar-refractivity contribution in [3.63, 3.8) is 0 Å². The van der Waals surface area contributed by atoms with E-state index in [9.17, 15) is 5.11 Å². The number of hydrogen-bond acceptors (Lipinski definition) is 2. The van der Waals surface area contributed by atoms with Crippen LogP contribution in [0, 0.1) is 6.92 Å². The maximum atomic E-state index is 9.60. The van der Waals surface area contributed by atoms with E-state index in [4.69, 9.17) is 4.42 Å². The number of phenols is 1. The highest BCUT2D eigenvalue weighted by Crippen LogP contribution is 2.29. The quantitative estimate of drug-likeness (QED) is 0.721. The number of hydrogen-bond donors (Lipinski definition) is 1. The first kappa shape index (κ1) is 7.92. The molecule has 0 radical (unpaired) electrons. The monoisotopic (exact) mass is 174 g/mol. The zero-order chi connectivity index (χ0) is 9.26. The Hall–Kier alpha value is -1.70. The van der Waals surface area contributed by atoms with E-state index in [-0.39, 0.29) is 5.75 Å². The third kappa shape index (κ3) is 1.43. The highest BCUT2D eigenvalue weighted by Gasteiger charge is 2.05. The van der Waals surface area contributed by atoms with Gasteiger partial charge in [0.1, 0.15) is 11.5 Å². The number of aryl methyl sites for hydroxylation is 1. The Morgan fingerprint density at radius 1 is 1.23 bits per heavy atom. The molecule has 0 aliphatic heterocycles. The first-order chi connectivity index (χ1) is 6.27. The van der Waals surface area contributed by atoms with Crippen LogP contribution >= 0.6 is 0 Å². The van der Waals surface area contributed by atoms with Crippen LogP contribution in [-0.4, -0.2) is 5.11 Å². The van der Waals surface area contributed by atoms with Gasteiger partial charge < -0.3 is 9.52 Å². The number of benzene rings is 1. The number of furan rings is 1. The molecule has 2 nitrogen and oxygen atoms in total. The van der Waals surface area contributed by atoms with Gasteiger partial charge in [-0.2, -0.15) is 0 Å². The molecule has 1 aromatic carbocycles. The van der Waals surface area contributed by atoms with Crippen molar-refractivity contribution in [1.29, 1.82) is 0 Å². The lowest BCUT2D eigenvalue weighted by Crippen LogP contribution is -1.77. The van der Waals surface area contributed by atoms with Crippen molar-refractivity contribution in [3.05, 3.63) is 42.2 Å². The molecule has 0 saturated carbocycles. The summed E-state index contributed by atoms with van der Waals surface area (Å²) in [6.07, 6.45) is 1.59. The molecule has 2 rings (SSSR count). The van der Waals surface area contributed by atoms with Crippen LogP contribution in [0.4, 0.5) is 0 Å². The molecule has 1 heterocycles. The summed E-state index contributed by atoms with van der Waals surface area (Å²) in [5.74, 6) is 0.951. The summed E-state index contributed by atoms with van der Waals surface area (Å²) < 4.78 is 5.18. The minimum atomic E-state index is 0.259. The second-order valence-corrected chi connectivity index (χ2v) is 3.00. The highest BCUT2D eigenvalue weighted by atomic mass is 16.3. The number of aromatic hydroxyl groups is 1. The normalized spacial score (nSPS) is 10.2. The van der Waals surface area contributed by atoms with Crippen molar-refractivity contribution in [3.8, 4) is 17.1 Å². The molecule has 0 unspecified atom stereocenters. The average molecular weight is 174 g/mol. The van der Waals surface area contributed by atoms with Gasteiger partial charge in [-0.25, -0.2) is 0 Å². The summed E-state index contributed by atoms with van der Waals surface area (Å²) in [7, 11) is 0. The molecule has 0 bridgehead atoms. The molecule has 1 aromatic heterocycles. The summed E-state index contributed by atoms with van der Waals surface area (Å²) >= 11 is 0. The van der Waals surface area contributed by atoms with Crippen LogP contribution in [-0.2, 0) is 0 Å². The van der Waals surface area contributed by atoms with Gasteiger partial charge in [-0.15, -0.1) is 0 Å². The fourth-order valence-corrected chi connectivity index (χ4v) is 1.28. The third-order valence-electron chi connectivity index (χ3n) is 1.94. The topological polar surface area (TPSA) is 33.4 Å². The standard InChI is InChI=1S/C11H10O2/c1-8-4-5-9(10(12)7-8)11-3-2-6-13-11/h2-7,12H,1H3. The Balaban J connectivity index is 2.53. The largest absolute Gasteiger partial charge is 0.507 e. The van der Waals surface area contributed by atoms with Crippen LogP contribution < -0.4 is 0 Å². The maximum Gasteiger partial charge on any atom is 0.137 e. The van der Waals surface area contributed by atoms with E-state index in [2.05, 4.69) is 0 Å². The Kier molecular flexibility index (Phi) is 1.81. The lowest BCUT2D eigenvalue weighted by molar-refractivity contribution is 0.473. The highest BCUT2D eigenvalue weighted by molar-refractivity contribution is 5.65. The Labute approximate surface area is 76.4 Å². The summed E-state index contributed by atoms with van der Waals surface area (Å²) in [6, 6.07) is 9.14. The molecule has 0 aliphatic carbocycles. The van der Waals surface area contributed by atoms with Crippen molar-refractivity contribution < 1.29 is 9.52 Å². The summed E-state index contributed by atoms with van der Waals surface area (Å²) in [5.41, 5.74) is 1.77. The van der Waals surface area contributed by atoms with Gasteiger partial charge in [0, 0.05) is 0 Å². The Morgan fingerprint density at radius 3 is 2.69 bits per heavy atom. The smallest absolute Gasteiger partial charge is 0.137 e. The molecule has 0 atom stereocenters. The summed E-state index contributed by atoms with van der Waals surface area (Å²) in [5, 5.41) is 9.60. The fraction of sp³-hybridized carbons (Fsp3) is 0.0909. The lowest BCUT2D eigenvalue weighted by Gasteiger charge is -2.01. The van der Waals surface area contributed by atoms with Crippen molar-refractivity contribution in [2.75, 3.05) is 0 Å². The van der Waals surface area contributed by atoms with Crippen molar-refractivity contribution in [2.45, 2.75) is 6.92 Å². The van der Waals surface area contributed by atoms with E-state index in [0.29, 0.717) is 5.76 Å². The molecule has 13 heavy (non-hydrogen) atoms. The summed E-state index contributed by atoms with van der Waals surface area (Å²) in [6.45, 7) is 1.94. The fourth-order valence-electron chi connectivity index (χ4n) is 1.28. The molecular weight excluding hydrogens is 164 g/mol. The number of rotatable bonds is 1. The van der Waals surface area contributed by atoms with Crippen LogP contribution in [0.25, 0.3) is 11.3 Å². The molecule has 0 saturated heterocycles. The van der Waals surface area contributed by atoms with E-state index >= 15 is 0 Å². The zero-order valence-corrected chi connectivity index (χ0v) is 7.32. The second kappa shape index (κ2) is 2.98. The van der Waals surface area contributed by atoms with Gasteiger partial charge in [0.05, 0.1) is 11.8 Å². The second-order valence-electron chi connectivity index (χ2n) is 3.00. The molecule has 0 aliphatic rings. The van der Waals surface area contributed by atoms with Crippen molar-refractivity contribution in [2.24, 2.45) is 0 Å². The minimum absolute atomic E-state index is 0.259. The van der Waals surface area contributed by atoms with Gasteiger partial charge in [-0.05, 0) is 36.8 Å². The average Bonchev–Trinajstić information content (AvgIpc) is 2.56. The first-order valence-electron chi connectivity index (χ1n) is 4.11. The molecule has 66 valence electrons. The van der Waals surface area contributed by atoms with Crippen LogP contribution in [0.2, 0.25) is 0 Å². The van der Waals surface area contributed by atoms with Crippen LogP contribution in [0.15, 0.2) is 41.0 Å². The third-order valence-corrected chi connectivity index (χ3v) is 1.94. The SMILES string of the molecule is Cc1ccc(-c2ccco2)c(O)c1. The van der Waals surface area contributed by atoms with Gasteiger partial charge in [-0.1, -0.05) is 6.07 Å². The first-order valence-corrected chi connectivity index (χ1v) is 4.11. The molecule has 0 fully saturated rings. The Bertz CT molecular complexity index is 402. The van der Waals surface area contributed by atoms with E-state index < -0.39 is 0 Å². The van der Waals surface area contributed by atoms with Gasteiger partial charge in [-0.3, -0.25) is 0 Å². The minimum Gasteiger partial charge on any atom is -0.507 e. The lowest BCUT2D eigenvalue weighted by atomic mass is 10.1. The van der Waals surface area contributed by atoms with Crippen molar-refractivity contribution >= 4 is 0 Å². The van der Waals surface area contributed by atoms with Gasteiger partial charge in [0.25, 0.3) is 0 Å². The van der Waals surface area contributed by atoms with Crippen LogP contribution in [0.1, 0.15) is 5.56 Å². The predicted octanol–water partition coefficient (Wildman–Crippen LogP) is 2.96. The molecule has 0 spiro atoms. The van der Waals surface area contributed by atoms with Crippen LogP contribution in [0.5, 0.6) is 5.75 Å². The number of phenolic OH excluding ortho intramolecular Hbond substituents is 1. The molecular formula is C11H10O2. The van der Waals surface area contributed by atoms with E-state index in [1.807, 2.05) is 25.1 Å². The molecule has 2 heteroatoms. The van der Waals surface area contributed by atoms with Crippen molar-refractivity contribution in [1.82, 2.24) is 0 Å². The zero-order valence-electron chi connectivity index (χ0n) is 7.32. The van der Waals surface area contributed by atoms with E-state index in [0.717, 1.165) is 11.1 Å². The maximum absolute atomic E-state index is 9.60. The van der Waals surface area contributed by atoms with E-state index in [1.165, 1.54) is 0 Å². The molecule has 2 aromatic rings. The molecule has 1 N–H and O–H groups in total. The molecule has 0 amide bonds. The Morgan fingerprint density at radius 2 is 2.08 bits per heavy atom. The van der Waals surface area contributed by atoms with Crippen LogP contribution in [0.3, 0.4) is 0 Å². The summed E-state index contributed by atoms with van der Waals surface area (Å²) in [4.78, 5) is 0. The van der Waals surface area contributed by atoms with Gasteiger partial charge >= 0.3 is 0 Å². The predicted molar refractivity (Wildman–Crippen MR) is 50.5 cm³/mol. The van der Waals surface area contributed by atoms with E-state index in [1.54, 1.807) is 18.4 Å². The van der Waals surface area contributed by atoms with Gasteiger partial charge in [0.15, 0.2) is 0 Å².